The molecule has 0 bridgehead atoms. The number of halogens is 2. The fourth-order valence-electron chi connectivity index (χ4n) is 3.37. The Morgan fingerprint density at radius 1 is 1.03 bits per heavy atom. The van der Waals surface area contributed by atoms with E-state index < -0.39 is 0 Å². The molecule has 0 fully saturated rings. The van der Waals surface area contributed by atoms with Crippen molar-refractivity contribution < 1.29 is 4.79 Å². The molecule has 150 valence electrons. The molecule has 3 rings (SSSR count). The zero-order valence-electron chi connectivity index (χ0n) is 16.9. The van der Waals surface area contributed by atoms with Gasteiger partial charge in [-0.3, -0.25) is 4.79 Å². The minimum atomic E-state index is -0.147. The maximum Gasteiger partial charge on any atom is 0.244 e. The fraction of sp³-hybridized carbons (Fsp3) is 0.217. The maximum atomic E-state index is 12.2. The third-order valence-corrected chi connectivity index (χ3v) is 5.61. The molecule has 0 saturated carbocycles. The molecule has 2 aromatic carbocycles. The summed E-state index contributed by atoms with van der Waals surface area (Å²) in [6.07, 6.45) is 1.96. The molecular formula is C23H23Cl2N3O. The second kappa shape index (κ2) is 8.85. The number of carbonyl (C=O) groups is 1. The van der Waals surface area contributed by atoms with Crippen molar-refractivity contribution in [3.05, 3.63) is 86.2 Å². The van der Waals surface area contributed by atoms with Gasteiger partial charge in [0.2, 0.25) is 5.91 Å². The molecule has 1 heterocycles. The van der Waals surface area contributed by atoms with Gasteiger partial charge in [0.05, 0.1) is 22.7 Å². The minimum absolute atomic E-state index is 0.147. The van der Waals surface area contributed by atoms with Gasteiger partial charge < -0.3 is 4.57 Å². The number of carbonyl (C=O) groups excluding carboxylic acids is 1. The second-order valence-corrected chi connectivity index (χ2v) is 7.97. The van der Waals surface area contributed by atoms with Crippen molar-refractivity contribution in [2.75, 3.05) is 0 Å². The molecule has 6 heteroatoms. The third-order valence-electron chi connectivity index (χ3n) is 4.87. The molecule has 0 aliphatic rings. The summed E-state index contributed by atoms with van der Waals surface area (Å²) in [7, 11) is 0. The average Bonchev–Trinajstić information content (AvgIpc) is 2.93. The van der Waals surface area contributed by atoms with E-state index in [0.717, 1.165) is 33.8 Å². The molecule has 4 nitrogen and oxygen atoms in total. The first-order valence-corrected chi connectivity index (χ1v) is 10.0. The first-order valence-electron chi connectivity index (χ1n) is 9.28. The number of nitrogens with one attached hydrogen (secondary N) is 1. The van der Waals surface area contributed by atoms with Gasteiger partial charge >= 0.3 is 0 Å². The summed E-state index contributed by atoms with van der Waals surface area (Å²) in [5.74, 6) is -0.147. The molecule has 0 aliphatic heterocycles. The fourth-order valence-corrected chi connectivity index (χ4v) is 3.66. The van der Waals surface area contributed by atoms with Gasteiger partial charge in [-0.2, -0.15) is 5.10 Å². The first-order chi connectivity index (χ1) is 13.8. The van der Waals surface area contributed by atoms with Crippen LogP contribution in [0.5, 0.6) is 0 Å². The van der Waals surface area contributed by atoms with Crippen LogP contribution in [0.4, 0.5) is 0 Å². The minimum Gasteiger partial charge on any atom is -0.318 e. The number of aromatic nitrogens is 1. The van der Waals surface area contributed by atoms with Crippen molar-refractivity contribution in [2.24, 2.45) is 5.10 Å². The number of hydrogen-bond donors (Lipinski definition) is 1. The van der Waals surface area contributed by atoms with E-state index >= 15 is 0 Å². The van der Waals surface area contributed by atoms with E-state index in [0.29, 0.717) is 16.5 Å². The number of hydrogen-bond acceptors (Lipinski definition) is 2. The molecule has 3 aromatic rings. The number of nitrogens with zero attached hydrogens (tertiary/aromatic N) is 2. The van der Waals surface area contributed by atoms with Crippen molar-refractivity contribution in [1.29, 1.82) is 0 Å². The van der Waals surface area contributed by atoms with E-state index in [2.05, 4.69) is 21.2 Å². The Balaban J connectivity index is 1.72. The Morgan fingerprint density at radius 3 is 2.48 bits per heavy atom. The van der Waals surface area contributed by atoms with Gasteiger partial charge in [-0.25, -0.2) is 5.43 Å². The highest BCUT2D eigenvalue weighted by Gasteiger charge is 2.11. The smallest absolute Gasteiger partial charge is 0.244 e. The van der Waals surface area contributed by atoms with Gasteiger partial charge in [-0.05, 0) is 63.1 Å². The van der Waals surface area contributed by atoms with Crippen LogP contribution in [0, 0.1) is 27.7 Å². The van der Waals surface area contributed by atoms with Gasteiger partial charge in [-0.15, -0.1) is 0 Å². The van der Waals surface area contributed by atoms with Gasteiger partial charge in [0.15, 0.2) is 0 Å². The topological polar surface area (TPSA) is 46.4 Å². The van der Waals surface area contributed by atoms with Crippen molar-refractivity contribution in [3.63, 3.8) is 0 Å². The molecule has 0 atom stereocenters. The number of hydrazone groups is 1. The van der Waals surface area contributed by atoms with E-state index in [1.165, 1.54) is 5.56 Å². The molecule has 1 aromatic heterocycles. The molecule has 0 saturated heterocycles. The quantitative estimate of drug-likeness (QED) is 0.411. The first kappa shape index (κ1) is 21.2. The van der Waals surface area contributed by atoms with Crippen molar-refractivity contribution in [2.45, 2.75) is 34.1 Å². The SMILES string of the molecule is Cc1ccc(CC(=O)N/N=C\c2cc(C)n(-c3ccc(Cl)c(Cl)c3)c2C)c(C)c1. The molecule has 0 radical (unpaired) electrons. The van der Waals surface area contributed by atoms with Gasteiger partial charge in [0.25, 0.3) is 0 Å². The lowest BCUT2D eigenvalue weighted by Gasteiger charge is -2.10. The van der Waals surface area contributed by atoms with Gasteiger partial charge in [-0.1, -0.05) is 47.0 Å². The number of aryl methyl sites for hydroxylation is 3. The van der Waals surface area contributed by atoms with Crippen LogP contribution in [0.1, 0.15) is 33.6 Å². The van der Waals surface area contributed by atoms with Crippen LogP contribution >= 0.6 is 23.2 Å². The largest absolute Gasteiger partial charge is 0.318 e. The standard InChI is InChI=1S/C23H23Cl2N3O/c1-14-5-6-18(15(2)9-14)11-23(29)27-26-13-19-10-16(3)28(17(19)4)20-7-8-21(24)22(25)12-20/h5-10,12-13H,11H2,1-4H3,(H,27,29)/b26-13-. The molecule has 1 amide bonds. The monoisotopic (exact) mass is 427 g/mol. The van der Waals surface area contributed by atoms with Crippen LogP contribution in [0.3, 0.4) is 0 Å². The van der Waals surface area contributed by atoms with Crippen LogP contribution in [-0.4, -0.2) is 16.7 Å². The highest BCUT2D eigenvalue weighted by molar-refractivity contribution is 6.42. The van der Waals surface area contributed by atoms with E-state index in [4.69, 9.17) is 23.2 Å². The number of amides is 1. The second-order valence-electron chi connectivity index (χ2n) is 7.16. The molecule has 0 spiro atoms. The van der Waals surface area contributed by atoms with Crippen LogP contribution < -0.4 is 5.43 Å². The van der Waals surface area contributed by atoms with Crippen LogP contribution in [-0.2, 0) is 11.2 Å². The lowest BCUT2D eigenvalue weighted by Crippen LogP contribution is -2.20. The van der Waals surface area contributed by atoms with E-state index in [-0.39, 0.29) is 5.91 Å². The third kappa shape index (κ3) is 4.89. The average molecular weight is 428 g/mol. The summed E-state index contributed by atoms with van der Waals surface area (Å²) in [6.45, 7) is 8.05. The van der Waals surface area contributed by atoms with Crippen LogP contribution in [0.15, 0.2) is 47.6 Å². The highest BCUT2D eigenvalue weighted by atomic mass is 35.5. The molecule has 0 unspecified atom stereocenters. The van der Waals surface area contributed by atoms with E-state index in [1.54, 1.807) is 12.3 Å². The summed E-state index contributed by atoms with van der Waals surface area (Å²) in [5.41, 5.74) is 9.77. The molecule has 0 aliphatic carbocycles. The zero-order valence-corrected chi connectivity index (χ0v) is 18.4. The van der Waals surface area contributed by atoms with E-state index in [9.17, 15) is 4.79 Å². The Morgan fingerprint density at radius 2 is 1.79 bits per heavy atom. The lowest BCUT2D eigenvalue weighted by molar-refractivity contribution is -0.120. The summed E-state index contributed by atoms with van der Waals surface area (Å²) in [4.78, 5) is 12.2. The van der Waals surface area contributed by atoms with Gasteiger partial charge in [0, 0.05) is 22.6 Å². The molecular weight excluding hydrogens is 405 g/mol. The number of rotatable bonds is 5. The van der Waals surface area contributed by atoms with E-state index in [1.807, 2.05) is 58.0 Å². The highest BCUT2D eigenvalue weighted by Crippen LogP contribution is 2.27. The molecule has 29 heavy (non-hydrogen) atoms. The van der Waals surface area contributed by atoms with Crippen molar-refractivity contribution >= 4 is 35.3 Å². The van der Waals surface area contributed by atoms with Crippen LogP contribution in [0.25, 0.3) is 5.69 Å². The summed E-state index contributed by atoms with van der Waals surface area (Å²) < 4.78 is 2.07. The summed E-state index contributed by atoms with van der Waals surface area (Å²) >= 11 is 12.2. The Bertz CT molecular complexity index is 1100. The normalized spacial score (nSPS) is 11.2. The Hall–Kier alpha value is -2.56. The predicted molar refractivity (Wildman–Crippen MR) is 121 cm³/mol. The zero-order chi connectivity index (χ0) is 21.1. The Kier molecular flexibility index (Phi) is 6.46. The molecule has 1 N–H and O–H groups in total. The lowest BCUT2D eigenvalue weighted by atomic mass is 10.0. The Labute approximate surface area is 181 Å². The summed E-state index contributed by atoms with van der Waals surface area (Å²) in [5, 5.41) is 5.17. The van der Waals surface area contributed by atoms with Crippen molar-refractivity contribution in [1.82, 2.24) is 9.99 Å². The van der Waals surface area contributed by atoms with Crippen molar-refractivity contribution in [3.8, 4) is 5.69 Å². The van der Waals surface area contributed by atoms with Crippen LogP contribution in [0.2, 0.25) is 10.0 Å². The maximum absolute atomic E-state index is 12.2. The summed E-state index contributed by atoms with van der Waals surface area (Å²) in [6, 6.07) is 13.6. The van der Waals surface area contributed by atoms with Gasteiger partial charge in [0.1, 0.15) is 0 Å². The number of benzene rings is 2. The predicted octanol–water partition coefficient (Wildman–Crippen LogP) is 5.71.